The van der Waals surface area contributed by atoms with Crippen LogP contribution in [0.4, 0.5) is 0 Å². The quantitative estimate of drug-likeness (QED) is 0.702. The van der Waals surface area contributed by atoms with Gasteiger partial charge in [0.15, 0.2) is 5.76 Å². The summed E-state index contributed by atoms with van der Waals surface area (Å²) in [6, 6.07) is 12.5. The van der Waals surface area contributed by atoms with Crippen molar-refractivity contribution in [3.63, 3.8) is 0 Å². The Bertz CT molecular complexity index is 958. The Kier molecular flexibility index (Phi) is 5.34. The molecular weight excluding hydrogens is 362 g/mol. The van der Waals surface area contributed by atoms with Crippen molar-refractivity contribution in [2.24, 2.45) is 5.92 Å². The number of rotatable bonds is 5. The summed E-state index contributed by atoms with van der Waals surface area (Å²) >= 11 is 0. The summed E-state index contributed by atoms with van der Waals surface area (Å²) in [4.78, 5) is 6.75. The summed E-state index contributed by atoms with van der Waals surface area (Å²) in [5.74, 6) is 1.72. The fourth-order valence-corrected chi connectivity index (χ4v) is 5.10. The van der Waals surface area contributed by atoms with Gasteiger partial charge in [0, 0.05) is 42.6 Å². The highest BCUT2D eigenvalue weighted by atomic mass is 16.5. The fourth-order valence-electron chi connectivity index (χ4n) is 5.10. The van der Waals surface area contributed by atoms with E-state index in [1.165, 1.54) is 43.1 Å². The van der Waals surface area contributed by atoms with E-state index in [0.717, 1.165) is 36.5 Å². The van der Waals surface area contributed by atoms with Crippen molar-refractivity contribution in [3.05, 3.63) is 59.6 Å². The largest absolute Gasteiger partial charge is 0.391 e. The Morgan fingerprint density at radius 1 is 1.07 bits per heavy atom. The molecule has 1 aliphatic carbocycles. The van der Waals surface area contributed by atoms with E-state index < -0.39 is 0 Å². The van der Waals surface area contributed by atoms with Crippen molar-refractivity contribution in [2.75, 3.05) is 13.1 Å². The summed E-state index contributed by atoms with van der Waals surface area (Å²) < 4.78 is 5.64. The van der Waals surface area contributed by atoms with E-state index in [9.17, 15) is 5.11 Å². The fraction of sp³-hybridized carbons (Fsp3) is 0.500. The molecule has 2 aliphatic rings. The van der Waals surface area contributed by atoms with Gasteiger partial charge in [0.05, 0.1) is 23.9 Å². The minimum absolute atomic E-state index is 0.224. The van der Waals surface area contributed by atoms with Crippen LogP contribution >= 0.6 is 0 Å². The first-order valence-corrected chi connectivity index (χ1v) is 10.9. The van der Waals surface area contributed by atoms with Crippen LogP contribution in [-0.4, -0.2) is 39.3 Å². The molecule has 0 amide bonds. The molecule has 0 radical (unpaired) electrons. The highest BCUT2D eigenvalue weighted by Crippen LogP contribution is 2.33. The van der Waals surface area contributed by atoms with Gasteiger partial charge in [0.25, 0.3) is 0 Å². The molecule has 152 valence electrons. The first kappa shape index (κ1) is 18.8. The van der Waals surface area contributed by atoms with Crippen LogP contribution in [0.1, 0.15) is 55.0 Å². The molecule has 1 saturated heterocycles. The zero-order chi connectivity index (χ0) is 19.6. The second kappa shape index (κ2) is 8.25. The number of hydrogen-bond acceptors (Lipinski definition) is 5. The molecule has 5 heteroatoms. The van der Waals surface area contributed by atoms with Crippen LogP contribution in [0.2, 0.25) is 0 Å². The molecular formula is C24H29N3O2. The molecule has 0 spiro atoms. The van der Waals surface area contributed by atoms with Gasteiger partial charge in [0.2, 0.25) is 0 Å². The van der Waals surface area contributed by atoms with Crippen molar-refractivity contribution in [3.8, 4) is 0 Å². The lowest BCUT2D eigenvalue weighted by Crippen LogP contribution is -2.21. The first-order valence-electron chi connectivity index (χ1n) is 10.9. The number of fused-ring (bicyclic) bond motifs is 1. The second-order valence-corrected chi connectivity index (χ2v) is 8.77. The van der Waals surface area contributed by atoms with E-state index in [-0.39, 0.29) is 12.0 Å². The zero-order valence-electron chi connectivity index (χ0n) is 16.8. The predicted molar refractivity (Wildman–Crippen MR) is 113 cm³/mol. The van der Waals surface area contributed by atoms with Crippen molar-refractivity contribution in [1.82, 2.24) is 15.0 Å². The van der Waals surface area contributed by atoms with Crippen LogP contribution in [0.5, 0.6) is 0 Å². The molecule has 5 rings (SSSR count). The van der Waals surface area contributed by atoms with Crippen molar-refractivity contribution >= 4 is 10.9 Å². The van der Waals surface area contributed by atoms with Crippen LogP contribution < -0.4 is 0 Å². The van der Waals surface area contributed by atoms with Crippen LogP contribution in [0.3, 0.4) is 0 Å². The maximum Gasteiger partial charge on any atom is 0.150 e. The van der Waals surface area contributed by atoms with Crippen LogP contribution in [-0.2, 0) is 13.0 Å². The first-order chi connectivity index (χ1) is 14.3. The van der Waals surface area contributed by atoms with E-state index in [2.05, 4.69) is 39.3 Å². The Labute approximate surface area is 171 Å². The highest BCUT2D eigenvalue weighted by Gasteiger charge is 2.32. The molecule has 0 unspecified atom stereocenters. The Morgan fingerprint density at radius 3 is 2.83 bits per heavy atom. The van der Waals surface area contributed by atoms with Crippen molar-refractivity contribution < 1.29 is 9.63 Å². The Hall–Kier alpha value is -2.24. The van der Waals surface area contributed by atoms with Crippen LogP contribution in [0.15, 0.2) is 47.1 Å². The van der Waals surface area contributed by atoms with Gasteiger partial charge >= 0.3 is 0 Å². The lowest BCUT2D eigenvalue weighted by atomic mass is 9.87. The van der Waals surface area contributed by atoms with Crippen molar-refractivity contribution in [1.29, 1.82) is 0 Å². The van der Waals surface area contributed by atoms with Gasteiger partial charge in [-0.3, -0.25) is 9.88 Å². The SMILES string of the molecule is O[C@@H]1CN(Cc2cc(C3CCCCC3)no2)C[C@H]1Cc1ccnc2ccccc12. The van der Waals surface area contributed by atoms with Gasteiger partial charge in [-0.2, -0.15) is 0 Å². The number of pyridine rings is 1. The molecule has 1 aliphatic heterocycles. The molecule has 0 bridgehead atoms. The van der Waals surface area contributed by atoms with Gasteiger partial charge in [0.1, 0.15) is 0 Å². The third kappa shape index (κ3) is 4.07. The van der Waals surface area contributed by atoms with E-state index in [1.54, 1.807) is 0 Å². The van der Waals surface area contributed by atoms with E-state index in [4.69, 9.17) is 4.52 Å². The average Bonchev–Trinajstić information content (AvgIpc) is 3.36. The molecule has 1 saturated carbocycles. The molecule has 3 aromatic rings. The van der Waals surface area contributed by atoms with Gasteiger partial charge in [-0.1, -0.05) is 42.6 Å². The smallest absolute Gasteiger partial charge is 0.150 e. The molecule has 3 heterocycles. The monoisotopic (exact) mass is 391 g/mol. The Balaban J connectivity index is 1.23. The summed E-state index contributed by atoms with van der Waals surface area (Å²) in [5, 5.41) is 16.2. The lowest BCUT2D eigenvalue weighted by molar-refractivity contribution is 0.140. The minimum Gasteiger partial charge on any atom is -0.391 e. The summed E-state index contributed by atoms with van der Waals surface area (Å²) in [7, 11) is 0. The number of β-amino-alcohol motifs (C(OH)–C–C–N with tert-alkyl or cyclic N) is 1. The number of aromatic nitrogens is 2. The molecule has 2 aromatic heterocycles. The number of likely N-dealkylation sites (tertiary alicyclic amines) is 1. The third-order valence-electron chi connectivity index (χ3n) is 6.68. The zero-order valence-corrected chi connectivity index (χ0v) is 16.8. The molecule has 29 heavy (non-hydrogen) atoms. The highest BCUT2D eigenvalue weighted by molar-refractivity contribution is 5.81. The number of benzene rings is 1. The Morgan fingerprint density at radius 2 is 1.93 bits per heavy atom. The van der Waals surface area contributed by atoms with Gasteiger partial charge < -0.3 is 9.63 Å². The van der Waals surface area contributed by atoms with Crippen LogP contribution in [0, 0.1) is 5.92 Å². The van der Waals surface area contributed by atoms with Crippen molar-refractivity contribution in [2.45, 2.75) is 57.1 Å². The average molecular weight is 392 g/mol. The maximum atomic E-state index is 10.7. The standard InChI is InChI=1S/C24H29N3O2/c28-24-16-27(15-20-13-23(26-29-20)17-6-2-1-3-7-17)14-19(24)12-18-10-11-25-22-9-5-4-8-21(18)22/h4-5,8-11,13,17,19,24,28H,1-3,6-7,12,14-16H2/t19-,24-/m1/s1. The number of nitrogens with zero attached hydrogens (tertiary/aromatic N) is 3. The van der Waals surface area contributed by atoms with Crippen LogP contribution in [0.25, 0.3) is 10.9 Å². The molecule has 2 fully saturated rings. The van der Waals surface area contributed by atoms with Gasteiger partial charge in [-0.15, -0.1) is 0 Å². The summed E-state index contributed by atoms with van der Waals surface area (Å²) in [5.41, 5.74) is 3.41. The molecule has 2 atom stereocenters. The number of hydrogen-bond donors (Lipinski definition) is 1. The molecule has 1 aromatic carbocycles. The number of aliphatic hydroxyl groups is 1. The van der Waals surface area contributed by atoms with Gasteiger partial charge in [-0.05, 0) is 37.0 Å². The topological polar surface area (TPSA) is 62.4 Å². The maximum absolute atomic E-state index is 10.7. The minimum atomic E-state index is -0.317. The predicted octanol–water partition coefficient (Wildman–Crippen LogP) is 4.31. The third-order valence-corrected chi connectivity index (χ3v) is 6.68. The number of para-hydroxylation sites is 1. The molecule has 5 nitrogen and oxygen atoms in total. The number of aliphatic hydroxyl groups excluding tert-OH is 1. The van der Waals surface area contributed by atoms with E-state index >= 15 is 0 Å². The normalized spacial score (nSPS) is 23.8. The van der Waals surface area contributed by atoms with Gasteiger partial charge in [-0.25, -0.2) is 0 Å². The van der Waals surface area contributed by atoms with E-state index in [1.807, 2.05) is 18.3 Å². The lowest BCUT2D eigenvalue weighted by Gasteiger charge is -2.18. The second-order valence-electron chi connectivity index (χ2n) is 8.77. The molecule has 1 N–H and O–H groups in total. The van der Waals surface area contributed by atoms with E-state index in [0.29, 0.717) is 12.5 Å². The summed E-state index contributed by atoms with van der Waals surface area (Å²) in [6.45, 7) is 2.29. The summed E-state index contributed by atoms with van der Waals surface area (Å²) in [6.07, 6.45) is 8.84.